The van der Waals surface area contributed by atoms with Gasteiger partial charge in [0.1, 0.15) is 0 Å². The Labute approximate surface area is 118 Å². The monoisotopic (exact) mass is 282 g/mol. The fraction of sp³-hybridized carbons (Fsp3) is 0.769. The Bertz CT molecular complexity index is 427. The number of nitrogen functional groups attached to an aromatic ring is 1. The van der Waals surface area contributed by atoms with Gasteiger partial charge in [-0.05, 0) is 32.6 Å². The quantitative estimate of drug-likeness (QED) is 0.915. The maximum atomic E-state index is 5.71. The highest BCUT2D eigenvalue weighted by molar-refractivity contribution is 7.99. The van der Waals surface area contributed by atoms with E-state index < -0.39 is 0 Å². The summed E-state index contributed by atoms with van der Waals surface area (Å²) in [6.45, 7) is 6.19. The SMILES string of the molecule is CC1CCCC(Sc2nc(N)nc(OC(C)C)n2)C1. The number of ether oxygens (including phenoxy) is 1. The van der Waals surface area contributed by atoms with Crippen LogP contribution in [0.2, 0.25) is 0 Å². The van der Waals surface area contributed by atoms with Crippen molar-refractivity contribution in [1.82, 2.24) is 15.0 Å². The van der Waals surface area contributed by atoms with E-state index in [4.69, 9.17) is 10.5 Å². The van der Waals surface area contributed by atoms with Crippen LogP contribution in [-0.2, 0) is 0 Å². The lowest BCUT2D eigenvalue weighted by atomic mass is 9.91. The smallest absolute Gasteiger partial charge is 0.322 e. The zero-order chi connectivity index (χ0) is 13.8. The zero-order valence-corrected chi connectivity index (χ0v) is 12.6. The van der Waals surface area contributed by atoms with E-state index in [-0.39, 0.29) is 12.1 Å². The minimum absolute atomic E-state index is 0.0364. The van der Waals surface area contributed by atoms with Crippen LogP contribution in [0.1, 0.15) is 46.5 Å². The molecule has 0 radical (unpaired) electrons. The first-order valence-electron chi connectivity index (χ1n) is 6.88. The molecule has 1 fully saturated rings. The second-order valence-electron chi connectivity index (χ2n) is 5.44. The highest BCUT2D eigenvalue weighted by Gasteiger charge is 2.21. The van der Waals surface area contributed by atoms with Crippen LogP contribution in [0.3, 0.4) is 0 Å². The molecular weight excluding hydrogens is 260 g/mol. The van der Waals surface area contributed by atoms with Gasteiger partial charge in [0.15, 0.2) is 5.16 Å². The van der Waals surface area contributed by atoms with E-state index in [2.05, 4.69) is 21.9 Å². The van der Waals surface area contributed by atoms with E-state index in [0.29, 0.717) is 16.4 Å². The first-order valence-corrected chi connectivity index (χ1v) is 7.75. The van der Waals surface area contributed by atoms with Crippen LogP contribution in [0.15, 0.2) is 5.16 Å². The summed E-state index contributed by atoms with van der Waals surface area (Å²) in [6.07, 6.45) is 5.10. The number of thioether (sulfide) groups is 1. The summed E-state index contributed by atoms with van der Waals surface area (Å²) < 4.78 is 5.49. The summed E-state index contributed by atoms with van der Waals surface area (Å²) in [4.78, 5) is 12.5. The molecule has 1 aromatic rings. The van der Waals surface area contributed by atoms with Crippen LogP contribution >= 0.6 is 11.8 Å². The average Bonchev–Trinajstić information content (AvgIpc) is 2.26. The largest absolute Gasteiger partial charge is 0.461 e. The number of hydrogen-bond acceptors (Lipinski definition) is 6. The third-order valence-electron chi connectivity index (χ3n) is 3.11. The van der Waals surface area contributed by atoms with Crippen molar-refractivity contribution in [3.05, 3.63) is 0 Å². The summed E-state index contributed by atoms with van der Waals surface area (Å²) in [5, 5.41) is 1.26. The molecule has 0 amide bonds. The molecular formula is C13H22N4OS. The van der Waals surface area contributed by atoms with Crippen LogP contribution in [0.25, 0.3) is 0 Å². The minimum atomic E-state index is 0.0364. The van der Waals surface area contributed by atoms with Crippen LogP contribution < -0.4 is 10.5 Å². The van der Waals surface area contributed by atoms with Crippen molar-refractivity contribution in [3.63, 3.8) is 0 Å². The van der Waals surface area contributed by atoms with Gasteiger partial charge in [0.2, 0.25) is 5.95 Å². The Hall–Kier alpha value is -1.04. The van der Waals surface area contributed by atoms with Crippen molar-refractivity contribution in [2.75, 3.05) is 5.73 Å². The average molecular weight is 282 g/mol. The van der Waals surface area contributed by atoms with Crippen LogP contribution in [0.4, 0.5) is 5.95 Å². The lowest BCUT2D eigenvalue weighted by molar-refractivity contribution is 0.219. The molecule has 0 aromatic carbocycles. The fourth-order valence-electron chi connectivity index (χ4n) is 2.30. The predicted octanol–water partition coefficient (Wildman–Crippen LogP) is 2.91. The van der Waals surface area contributed by atoms with E-state index >= 15 is 0 Å². The maximum Gasteiger partial charge on any atom is 0.322 e. The first kappa shape index (κ1) is 14.4. The van der Waals surface area contributed by atoms with Crippen molar-refractivity contribution in [2.45, 2.75) is 63.0 Å². The van der Waals surface area contributed by atoms with Gasteiger partial charge in [0.05, 0.1) is 6.10 Å². The van der Waals surface area contributed by atoms with Crippen LogP contribution in [0, 0.1) is 5.92 Å². The van der Waals surface area contributed by atoms with Crippen molar-refractivity contribution in [3.8, 4) is 6.01 Å². The Balaban J connectivity index is 2.04. The maximum absolute atomic E-state index is 5.71. The topological polar surface area (TPSA) is 73.9 Å². The first-order chi connectivity index (χ1) is 9.02. The number of anilines is 1. The normalized spacial score (nSPS) is 23.6. The van der Waals surface area contributed by atoms with E-state index in [1.807, 2.05) is 13.8 Å². The Morgan fingerprint density at radius 1 is 1.26 bits per heavy atom. The Morgan fingerprint density at radius 3 is 2.74 bits per heavy atom. The second kappa shape index (κ2) is 6.41. The Morgan fingerprint density at radius 2 is 2.05 bits per heavy atom. The van der Waals surface area contributed by atoms with Gasteiger partial charge in [-0.3, -0.25) is 0 Å². The molecule has 2 unspecified atom stereocenters. The van der Waals surface area contributed by atoms with Gasteiger partial charge in [-0.25, -0.2) is 0 Å². The lowest BCUT2D eigenvalue weighted by Crippen LogP contribution is -2.16. The molecule has 2 atom stereocenters. The van der Waals surface area contributed by atoms with Crippen molar-refractivity contribution >= 4 is 17.7 Å². The number of nitrogens with zero attached hydrogens (tertiary/aromatic N) is 3. The Kier molecular flexibility index (Phi) is 4.85. The summed E-state index contributed by atoms with van der Waals surface area (Å²) in [7, 11) is 0. The van der Waals surface area contributed by atoms with Crippen molar-refractivity contribution < 1.29 is 4.74 Å². The molecule has 0 saturated heterocycles. The molecule has 2 N–H and O–H groups in total. The predicted molar refractivity (Wildman–Crippen MR) is 77.3 cm³/mol. The molecule has 2 rings (SSSR count). The minimum Gasteiger partial charge on any atom is -0.461 e. The number of hydrogen-bond donors (Lipinski definition) is 1. The highest BCUT2D eigenvalue weighted by Crippen LogP contribution is 2.35. The summed E-state index contributed by atoms with van der Waals surface area (Å²) in [5.41, 5.74) is 5.71. The number of nitrogens with two attached hydrogens (primary N) is 1. The summed E-state index contributed by atoms with van der Waals surface area (Å²) in [6, 6.07) is 0.328. The van der Waals surface area contributed by atoms with Gasteiger partial charge in [-0.15, -0.1) is 0 Å². The molecule has 0 bridgehead atoms. The zero-order valence-electron chi connectivity index (χ0n) is 11.8. The summed E-state index contributed by atoms with van der Waals surface area (Å²) in [5.74, 6) is 1.02. The molecule has 1 aliphatic carbocycles. The van der Waals surface area contributed by atoms with Crippen LogP contribution in [0.5, 0.6) is 6.01 Å². The number of aromatic nitrogens is 3. The van der Waals surface area contributed by atoms with Gasteiger partial charge in [-0.2, -0.15) is 15.0 Å². The molecule has 1 saturated carbocycles. The van der Waals surface area contributed by atoms with Gasteiger partial charge in [0, 0.05) is 5.25 Å². The summed E-state index contributed by atoms with van der Waals surface area (Å²) >= 11 is 1.70. The van der Waals surface area contributed by atoms with Gasteiger partial charge >= 0.3 is 6.01 Å². The van der Waals surface area contributed by atoms with Gasteiger partial charge in [-0.1, -0.05) is 31.5 Å². The molecule has 6 heteroatoms. The molecule has 0 aliphatic heterocycles. The standard InChI is InChI=1S/C13H22N4OS/c1-8(2)18-12-15-11(14)16-13(17-12)19-10-6-4-5-9(3)7-10/h8-10H,4-7H2,1-3H3,(H2,14,15,16,17). The fourth-order valence-corrected chi connectivity index (χ4v) is 3.59. The van der Waals surface area contributed by atoms with E-state index in [1.165, 1.54) is 25.7 Å². The van der Waals surface area contributed by atoms with Gasteiger partial charge in [0.25, 0.3) is 0 Å². The van der Waals surface area contributed by atoms with Gasteiger partial charge < -0.3 is 10.5 Å². The highest BCUT2D eigenvalue weighted by atomic mass is 32.2. The third-order valence-corrected chi connectivity index (χ3v) is 4.27. The molecule has 5 nitrogen and oxygen atoms in total. The molecule has 0 spiro atoms. The molecule has 106 valence electrons. The second-order valence-corrected chi connectivity index (χ2v) is 6.70. The van der Waals surface area contributed by atoms with Crippen LogP contribution in [-0.4, -0.2) is 26.3 Å². The van der Waals surface area contributed by atoms with Crippen molar-refractivity contribution in [2.24, 2.45) is 5.92 Å². The molecule has 19 heavy (non-hydrogen) atoms. The number of rotatable bonds is 4. The molecule has 1 heterocycles. The molecule has 1 aromatic heterocycles. The lowest BCUT2D eigenvalue weighted by Gasteiger charge is -2.25. The van der Waals surface area contributed by atoms with E-state index in [0.717, 1.165) is 5.92 Å². The van der Waals surface area contributed by atoms with Crippen molar-refractivity contribution in [1.29, 1.82) is 0 Å². The van der Waals surface area contributed by atoms with E-state index in [9.17, 15) is 0 Å². The third kappa shape index (κ3) is 4.53. The molecule has 1 aliphatic rings. The van der Waals surface area contributed by atoms with E-state index in [1.54, 1.807) is 11.8 Å².